The predicted octanol–water partition coefficient (Wildman–Crippen LogP) is 3.71. The second-order valence-corrected chi connectivity index (χ2v) is 4.32. The lowest BCUT2D eigenvalue weighted by atomic mass is 10.1. The number of anilines is 1. The van der Waals surface area contributed by atoms with Gasteiger partial charge in [-0.05, 0) is 31.0 Å². The molecule has 0 saturated carbocycles. The first-order valence-corrected chi connectivity index (χ1v) is 5.35. The van der Waals surface area contributed by atoms with E-state index in [1.54, 1.807) is 0 Å². The summed E-state index contributed by atoms with van der Waals surface area (Å²) in [7, 11) is 0. The highest BCUT2D eigenvalue weighted by Crippen LogP contribution is 2.34. The van der Waals surface area contributed by atoms with Crippen LogP contribution in [-0.4, -0.2) is 6.10 Å². The molecule has 0 radical (unpaired) electrons. The average molecular weight is 247 g/mol. The van der Waals surface area contributed by atoms with Crippen LogP contribution in [0.3, 0.4) is 0 Å². The summed E-state index contributed by atoms with van der Waals surface area (Å²) in [6.45, 7) is 5.78. The van der Waals surface area contributed by atoms with Crippen LogP contribution in [-0.2, 0) is 6.18 Å². The van der Waals surface area contributed by atoms with E-state index in [2.05, 4.69) is 0 Å². The SMILES string of the molecule is CC(C)C(C)Oc1ccc(C(F)(F)F)cc1N. The highest BCUT2D eigenvalue weighted by atomic mass is 19.4. The minimum atomic E-state index is -4.38. The summed E-state index contributed by atoms with van der Waals surface area (Å²) in [6.07, 6.45) is -4.48. The number of nitrogen functional groups attached to an aromatic ring is 1. The molecule has 0 aromatic heterocycles. The first-order chi connectivity index (χ1) is 7.71. The van der Waals surface area contributed by atoms with Crippen molar-refractivity contribution < 1.29 is 17.9 Å². The lowest BCUT2D eigenvalue weighted by Crippen LogP contribution is -2.19. The lowest BCUT2D eigenvalue weighted by molar-refractivity contribution is -0.137. The van der Waals surface area contributed by atoms with Crippen molar-refractivity contribution in [2.24, 2.45) is 5.92 Å². The van der Waals surface area contributed by atoms with E-state index in [9.17, 15) is 13.2 Å². The smallest absolute Gasteiger partial charge is 0.416 e. The zero-order valence-corrected chi connectivity index (χ0v) is 10.0. The maximum Gasteiger partial charge on any atom is 0.416 e. The van der Waals surface area contributed by atoms with Crippen molar-refractivity contribution >= 4 is 5.69 Å². The molecule has 1 rings (SSSR count). The van der Waals surface area contributed by atoms with Gasteiger partial charge in [-0.15, -0.1) is 0 Å². The Morgan fingerprint density at radius 1 is 1.18 bits per heavy atom. The number of rotatable bonds is 3. The molecule has 1 unspecified atom stereocenters. The van der Waals surface area contributed by atoms with Gasteiger partial charge in [-0.2, -0.15) is 13.2 Å². The Bertz CT molecular complexity index is 388. The van der Waals surface area contributed by atoms with E-state index in [1.165, 1.54) is 6.07 Å². The van der Waals surface area contributed by atoms with Crippen LogP contribution in [0.5, 0.6) is 5.75 Å². The minimum Gasteiger partial charge on any atom is -0.488 e. The number of benzene rings is 1. The highest BCUT2D eigenvalue weighted by Gasteiger charge is 2.31. The number of ether oxygens (including phenoxy) is 1. The summed E-state index contributed by atoms with van der Waals surface area (Å²) >= 11 is 0. The van der Waals surface area contributed by atoms with Gasteiger partial charge in [0.15, 0.2) is 0 Å². The topological polar surface area (TPSA) is 35.2 Å². The number of nitrogens with two attached hydrogens (primary N) is 1. The maximum atomic E-state index is 12.4. The van der Waals surface area contributed by atoms with Crippen LogP contribution in [0, 0.1) is 5.92 Å². The molecular formula is C12H16F3NO. The van der Waals surface area contributed by atoms with Crippen LogP contribution in [0.15, 0.2) is 18.2 Å². The molecule has 0 bridgehead atoms. The molecule has 1 aromatic rings. The third kappa shape index (κ3) is 3.54. The molecule has 0 fully saturated rings. The van der Waals surface area contributed by atoms with Crippen molar-refractivity contribution in [3.8, 4) is 5.75 Å². The molecule has 2 N–H and O–H groups in total. The molecule has 0 aliphatic carbocycles. The highest BCUT2D eigenvalue weighted by molar-refractivity contribution is 5.54. The number of hydrogen-bond acceptors (Lipinski definition) is 2. The summed E-state index contributed by atoms with van der Waals surface area (Å²) in [5.41, 5.74) is 4.78. The molecule has 1 atom stereocenters. The molecule has 2 nitrogen and oxygen atoms in total. The molecule has 0 aliphatic rings. The van der Waals surface area contributed by atoms with E-state index in [0.29, 0.717) is 5.75 Å². The molecule has 17 heavy (non-hydrogen) atoms. The van der Waals surface area contributed by atoms with Crippen LogP contribution < -0.4 is 10.5 Å². The standard InChI is InChI=1S/C12H16F3NO/c1-7(2)8(3)17-11-5-4-9(6-10(11)16)12(13,14)15/h4-8H,16H2,1-3H3. The Labute approximate surface area is 98.6 Å². The van der Waals surface area contributed by atoms with E-state index in [0.717, 1.165) is 12.1 Å². The first kappa shape index (κ1) is 13.7. The van der Waals surface area contributed by atoms with Crippen molar-refractivity contribution in [1.29, 1.82) is 0 Å². The Morgan fingerprint density at radius 2 is 1.76 bits per heavy atom. The van der Waals surface area contributed by atoms with Gasteiger partial charge in [0, 0.05) is 0 Å². The Kier molecular flexibility index (Phi) is 3.91. The van der Waals surface area contributed by atoms with Gasteiger partial charge in [-0.3, -0.25) is 0 Å². The normalized spacial score (nSPS) is 13.8. The van der Waals surface area contributed by atoms with Gasteiger partial charge in [0.05, 0.1) is 17.4 Å². The van der Waals surface area contributed by atoms with Gasteiger partial charge in [-0.1, -0.05) is 13.8 Å². The van der Waals surface area contributed by atoms with Crippen LogP contribution in [0.25, 0.3) is 0 Å². The van der Waals surface area contributed by atoms with Crippen molar-refractivity contribution in [3.63, 3.8) is 0 Å². The van der Waals surface area contributed by atoms with Gasteiger partial charge in [-0.25, -0.2) is 0 Å². The first-order valence-electron chi connectivity index (χ1n) is 5.35. The van der Waals surface area contributed by atoms with E-state index in [1.807, 2.05) is 20.8 Å². The summed E-state index contributed by atoms with van der Waals surface area (Å²) in [5, 5.41) is 0. The predicted molar refractivity (Wildman–Crippen MR) is 60.8 cm³/mol. The maximum absolute atomic E-state index is 12.4. The van der Waals surface area contributed by atoms with Crippen molar-refractivity contribution in [1.82, 2.24) is 0 Å². The Hall–Kier alpha value is -1.39. The second kappa shape index (κ2) is 4.85. The molecule has 5 heteroatoms. The van der Waals surface area contributed by atoms with Crippen LogP contribution >= 0.6 is 0 Å². The van der Waals surface area contributed by atoms with E-state index in [4.69, 9.17) is 10.5 Å². The van der Waals surface area contributed by atoms with E-state index >= 15 is 0 Å². The Balaban J connectivity index is 2.91. The summed E-state index contributed by atoms with van der Waals surface area (Å²) < 4.78 is 42.7. The fourth-order valence-corrected chi connectivity index (χ4v) is 1.17. The van der Waals surface area contributed by atoms with E-state index < -0.39 is 11.7 Å². The molecule has 0 saturated heterocycles. The summed E-state index contributed by atoms with van der Waals surface area (Å²) in [4.78, 5) is 0. The number of halogens is 3. The van der Waals surface area contributed by atoms with Gasteiger partial charge >= 0.3 is 6.18 Å². The lowest BCUT2D eigenvalue weighted by Gasteiger charge is -2.19. The Morgan fingerprint density at radius 3 is 2.18 bits per heavy atom. The molecule has 0 amide bonds. The quantitative estimate of drug-likeness (QED) is 0.826. The largest absolute Gasteiger partial charge is 0.488 e. The van der Waals surface area contributed by atoms with Crippen LogP contribution in [0.2, 0.25) is 0 Å². The summed E-state index contributed by atoms with van der Waals surface area (Å²) in [5.74, 6) is 0.552. The second-order valence-electron chi connectivity index (χ2n) is 4.32. The van der Waals surface area contributed by atoms with Gasteiger partial charge < -0.3 is 10.5 Å². The fraction of sp³-hybridized carbons (Fsp3) is 0.500. The monoisotopic (exact) mass is 247 g/mol. The zero-order chi connectivity index (χ0) is 13.2. The third-order valence-electron chi connectivity index (χ3n) is 2.59. The number of hydrogen-bond donors (Lipinski definition) is 1. The van der Waals surface area contributed by atoms with E-state index in [-0.39, 0.29) is 17.7 Å². The molecule has 0 aliphatic heterocycles. The van der Waals surface area contributed by atoms with Gasteiger partial charge in [0.2, 0.25) is 0 Å². The number of alkyl halides is 3. The van der Waals surface area contributed by atoms with Gasteiger partial charge in [0.1, 0.15) is 5.75 Å². The average Bonchev–Trinajstić information content (AvgIpc) is 2.19. The zero-order valence-electron chi connectivity index (χ0n) is 10.0. The van der Waals surface area contributed by atoms with Crippen molar-refractivity contribution in [2.45, 2.75) is 33.1 Å². The molecular weight excluding hydrogens is 231 g/mol. The van der Waals surface area contributed by atoms with Gasteiger partial charge in [0.25, 0.3) is 0 Å². The molecule has 96 valence electrons. The molecule has 0 spiro atoms. The third-order valence-corrected chi connectivity index (χ3v) is 2.59. The molecule has 1 aromatic carbocycles. The fourth-order valence-electron chi connectivity index (χ4n) is 1.17. The summed E-state index contributed by atoms with van der Waals surface area (Å²) in [6, 6.07) is 3.12. The van der Waals surface area contributed by atoms with Crippen LogP contribution in [0.4, 0.5) is 18.9 Å². The molecule has 0 heterocycles. The van der Waals surface area contributed by atoms with Crippen LogP contribution in [0.1, 0.15) is 26.3 Å². The van der Waals surface area contributed by atoms with Crippen molar-refractivity contribution in [2.75, 3.05) is 5.73 Å². The van der Waals surface area contributed by atoms with Crippen molar-refractivity contribution in [3.05, 3.63) is 23.8 Å². The minimum absolute atomic E-state index is 0.00678.